The second-order valence-electron chi connectivity index (χ2n) is 20.5. The van der Waals surface area contributed by atoms with Crippen molar-refractivity contribution in [2.45, 2.75) is 277 Å². The fraction of sp³-hybridized carbons (Fsp3) is 0.701. The lowest BCUT2D eigenvalue weighted by atomic mass is 10.0. The SMILES string of the molecule is CC/C=C\C/C=C\C/C=C\C/C=C\C/C=C\CCCCCCCC(=O)OC(COC(=O)CCCCCCCCCCCCCCCCCCCCCCCC/C=C\C/C=C\C/C=C\C/C=C\CC)COP(=O)(O)OCCN. The topological polar surface area (TPSA) is 134 Å². The van der Waals surface area contributed by atoms with Crippen LogP contribution in [0.2, 0.25) is 0 Å². The molecule has 3 N–H and O–H groups in total. The highest BCUT2D eigenvalue weighted by Gasteiger charge is 2.26. The van der Waals surface area contributed by atoms with Gasteiger partial charge < -0.3 is 20.1 Å². The van der Waals surface area contributed by atoms with E-state index in [0.29, 0.717) is 6.42 Å². The molecule has 0 radical (unpaired) electrons. The summed E-state index contributed by atoms with van der Waals surface area (Å²) in [5, 5.41) is 0. The molecule has 0 bridgehead atoms. The first-order valence-electron chi connectivity index (χ1n) is 31.4. The van der Waals surface area contributed by atoms with Gasteiger partial charge in [-0.3, -0.25) is 18.6 Å². The lowest BCUT2D eigenvalue weighted by Crippen LogP contribution is -2.29. The Labute approximate surface area is 473 Å². The Morgan fingerprint density at radius 2 is 0.675 bits per heavy atom. The van der Waals surface area contributed by atoms with Gasteiger partial charge in [-0.1, -0.05) is 271 Å². The Hall–Kier alpha value is -3.33. The van der Waals surface area contributed by atoms with Gasteiger partial charge in [-0.15, -0.1) is 0 Å². The van der Waals surface area contributed by atoms with Crippen molar-refractivity contribution in [1.82, 2.24) is 0 Å². The first-order chi connectivity index (χ1) is 37.8. The van der Waals surface area contributed by atoms with Gasteiger partial charge in [0.25, 0.3) is 0 Å². The van der Waals surface area contributed by atoms with Crippen molar-refractivity contribution >= 4 is 19.8 Å². The van der Waals surface area contributed by atoms with Crippen LogP contribution < -0.4 is 5.73 Å². The first kappa shape index (κ1) is 73.7. The standard InChI is InChI=1S/C67H116NO8P/c1-3-5-7-9-11-13-15-17-19-21-23-25-26-27-28-29-30-31-32-33-34-35-36-37-38-40-41-43-45-47-49-51-53-55-57-59-66(69)73-63-65(64-75-77(71,72)74-62-61-68)76-67(70)60-58-56-54-52-50-48-46-44-42-39-24-22-20-18-16-14-12-10-8-6-4-2/h5-8,11-14,17-20,23-25,39,44,46,65H,3-4,9-10,15-16,21-22,26-38,40-43,45,47-64,68H2,1-2H3,(H,71,72)/b7-5-,8-6-,13-11-,14-12-,19-17-,20-18-,25-23-,39-24-,46-44-. The number of rotatable bonds is 58. The molecule has 0 aromatic rings. The number of phosphoric acid groups is 1. The van der Waals surface area contributed by atoms with E-state index in [9.17, 15) is 19.0 Å². The van der Waals surface area contributed by atoms with E-state index in [2.05, 4.69) is 123 Å². The molecule has 2 unspecified atom stereocenters. The third kappa shape index (κ3) is 61.7. The smallest absolute Gasteiger partial charge is 0.462 e. The third-order valence-corrected chi connectivity index (χ3v) is 14.1. The van der Waals surface area contributed by atoms with Crippen LogP contribution in [-0.2, 0) is 32.7 Å². The minimum atomic E-state index is -4.40. The number of unbranched alkanes of at least 4 members (excludes halogenated alkanes) is 27. The van der Waals surface area contributed by atoms with E-state index in [-0.39, 0.29) is 38.6 Å². The van der Waals surface area contributed by atoms with Gasteiger partial charge >= 0.3 is 19.8 Å². The highest BCUT2D eigenvalue weighted by Crippen LogP contribution is 2.43. The summed E-state index contributed by atoms with van der Waals surface area (Å²) < 4.78 is 33.1. The number of allylic oxidation sites excluding steroid dienone is 18. The molecule has 0 aliphatic rings. The van der Waals surface area contributed by atoms with Gasteiger partial charge in [-0.2, -0.15) is 0 Å². The molecule has 0 aliphatic carbocycles. The largest absolute Gasteiger partial charge is 0.472 e. The summed E-state index contributed by atoms with van der Waals surface area (Å²) in [4.78, 5) is 35.2. The van der Waals surface area contributed by atoms with Crippen LogP contribution in [-0.4, -0.2) is 49.3 Å². The van der Waals surface area contributed by atoms with Crippen LogP contribution in [0.3, 0.4) is 0 Å². The third-order valence-electron chi connectivity index (χ3n) is 13.2. The number of carbonyl (C=O) groups is 2. The predicted molar refractivity (Wildman–Crippen MR) is 330 cm³/mol. The molecule has 0 heterocycles. The molecule has 0 fully saturated rings. The lowest BCUT2D eigenvalue weighted by molar-refractivity contribution is -0.161. The summed E-state index contributed by atoms with van der Waals surface area (Å²) in [5.74, 6) is -0.846. The Balaban J connectivity index is 3.89. The quantitative estimate of drug-likeness (QED) is 0.0264. The number of phosphoric ester groups is 1. The lowest BCUT2D eigenvalue weighted by Gasteiger charge is -2.19. The Kier molecular flexibility index (Phi) is 59.2. The number of carbonyl (C=O) groups excluding carboxylic acids is 2. The molecule has 77 heavy (non-hydrogen) atoms. The zero-order chi connectivity index (χ0) is 55.9. The predicted octanol–water partition coefficient (Wildman–Crippen LogP) is 20.2. The van der Waals surface area contributed by atoms with Gasteiger partial charge in [0.2, 0.25) is 0 Å². The molecule has 0 aromatic heterocycles. The van der Waals surface area contributed by atoms with Crippen LogP contribution in [0.4, 0.5) is 0 Å². The van der Waals surface area contributed by atoms with Crippen LogP contribution in [0.25, 0.3) is 0 Å². The minimum absolute atomic E-state index is 0.0461. The van der Waals surface area contributed by atoms with Crippen molar-refractivity contribution in [3.05, 3.63) is 109 Å². The number of hydrogen-bond donors (Lipinski definition) is 2. The fourth-order valence-corrected chi connectivity index (χ4v) is 9.36. The molecule has 9 nitrogen and oxygen atoms in total. The van der Waals surface area contributed by atoms with Gasteiger partial charge in [0.1, 0.15) is 6.61 Å². The number of esters is 2. The maximum Gasteiger partial charge on any atom is 0.472 e. The summed E-state index contributed by atoms with van der Waals surface area (Å²) in [6.07, 6.45) is 84.5. The van der Waals surface area contributed by atoms with E-state index in [1.165, 1.54) is 128 Å². The molecule has 442 valence electrons. The van der Waals surface area contributed by atoms with E-state index >= 15 is 0 Å². The fourth-order valence-electron chi connectivity index (χ4n) is 8.60. The van der Waals surface area contributed by atoms with Crippen LogP contribution in [0, 0.1) is 0 Å². The summed E-state index contributed by atoms with van der Waals surface area (Å²) in [7, 11) is -4.40. The average molecular weight is 1090 g/mol. The van der Waals surface area contributed by atoms with E-state index in [4.69, 9.17) is 24.3 Å². The molecular weight excluding hydrogens is 978 g/mol. The van der Waals surface area contributed by atoms with Crippen molar-refractivity contribution in [2.75, 3.05) is 26.4 Å². The van der Waals surface area contributed by atoms with Crippen molar-refractivity contribution < 1.29 is 37.6 Å². The van der Waals surface area contributed by atoms with Gasteiger partial charge in [0, 0.05) is 19.4 Å². The molecular formula is C67H116NO8P. The van der Waals surface area contributed by atoms with E-state index in [0.717, 1.165) is 109 Å². The Morgan fingerprint density at radius 3 is 1.00 bits per heavy atom. The van der Waals surface area contributed by atoms with Crippen LogP contribution >= 0.6 is 7.82 Å². The van der Waals surface area contributed by atoms with Crippen molar-refractivity contribution in [2.24, 2.45) is 5.73 Å². The van der Waals surface area contributed by atoms with E-state index in [1.54, 1.807) is 0 Å². The maximum absolute atomic E-state index is 12.7. The van der Waals surface area contributed by atoms with Crippen LogP contribution in [0.5, 0.6) is 0 Å². The highest BCUT2D eigenvalue weighted by atomic mass is 31.2. The summed E-state index contributed by atoms with van der Waals surface area (Å²) in [5.41, 5.74) is 5.39. The van der Waals surface area contributed by atoms with Crippen molar-refractivity contribution in [3.63, 3.8) is 0 Å². The molecule has 0 saturated heterocycles. The second kappa shape index (κ2) is 61.9. The Morgan fingerprint density at radius 1 is 0.390 bits per heavy atom. The van der Waals surface area contributed by atoms with Crippen molar-refractivity contribution in [1.29, 1.82) is 0 Å². The molecule has 0 rings (SSSR count). The second-order valence-corrected chi connectivity index (χ2v) is 22.0. The minimum Gasteiger partial charge on any atom is -0.462 e. The van der Waals surface area contributed by atoms with Crippen LogP contribution in [0.15, 0.2) is 109 Å². The molecule has 0 aliphatic heterocycles. The summed E-state index contributed by atoms with van der Waals surface area (Å²) >= 11 is 0. The summed E-state index contributed by atoms with van der Waals surface area (Å²) in [6.45, 7) is 3.51. The van der Waals surface area contributed by atoms with Gasteiger partial charge in [0.05, 0.1) is 13.2 Å². The Bertz CT molecular complexity index is 1630. The zero-order valence-electron chi connectivity index (χ0n) is 49.4. The molecule has 0 amide bonds. The number of nitrogens with two attached hydrogens (primary N) is 1. The van der Waals surface area contributed by atoms with Gasteiger partial charge in [-0.05, 0) is 96.3 Å². The van der Waals surface area contributed by atoms with Gasteiger partial charge in [0.15, 0.2) is 6.10 Å². The maximum atomic E-state index is 12.7. The highest BCUT2D eigenvalue weighted by molar-refractivity contribution is 7.47. The number of ether oxygens (including phenoxy) is 2. The molecule has 2 atom stereocenters. The summed E-state index contributed by atoms with van der Waals surface area (Å²) in [6, 6.07) is 0. The molecule has 0 aromatic carbocycles. The van der Waals surface area contributed by atoms with E-state index < -0.39 is 26.5 Å². The average Bonchev–Trinajstić information content (AvgIpc) is 3.42. The monoisotopic (exact) mass is 1090 g/mol. The molecule has 0 saturated carbocycles. The van der Waals surface area contributed by atoms with Crippen LogP contribution in [0.1, 0.15) is 271 Å². The first-order valence-corrected chi connectivity index (χ1v) is 32.9. The molecule has 0 spiro atoms. The normalized spacial score (nSPS) is 13.8. The van der Waals surface area contributed by atoms with Crippen molar-refractivity contribution in [3.8, 4) is 0 Å². The number of hydrogen-bond acceptors (Lipinski definition) is 8. The molecule has 10 heteroatoms. The van der Waals surface area contributed by atoms with Gasteiger partial charge in [-0.25, -0.2) is 4.57 Å². The van der Waals surface area contributed by atoms with E-state index in [1.807, 2.05) is 0 Å². The zero-order valence-corrected chi connectivity index (χ0v) is 50.3.